The average molecular weight is 276 g/mol. The van der Waals surface area contributed by atoms with E-state index in [2.05, 4.69) is 15.6 Å². The topological polar surface area (TPSA) is 72.5 Å². The molecule has 0 bridgehead atoms. The standard InChI is InChI=1S/C11H17N3O3.ClH/c1-12-10-4-3-9(7-13-10)14-11(15)8-17-6-5-16-2;/h3-4,7H,5-6,8H2,1-2H3,(H,12,13)(H,14,15);1H. The van der Waals surface area contributed by atoms with Crippen molar-refractivity contribution in [2.75, 3.05) is 44.6 Å². The molecule has 6 nitrogen and oxygen atoms in total. The van der Waals surface area contributed by atoms with Crippen LogP contribution < -0.4 is 10.6 Å². The van der Waals surface area contributed by atoms with Crippen LogP contribution in [0.2, 0.25) is 0 Å². The van der Waals surface area contributed by atoms with Gasteiger partial charge in [0.15, 0.2) is 0 Å². The molecule has 0 atom stereocenters. The fourth-order valence-corrected chi connectivity index (χ4v) is 1.12. The summed E-state index contributed by atoms with van der Waals surface area (Å²) in [6, 6.07) is 3.55. The largest absolute Gasteiger partial charge is 0.382 e. The molecule has 0 aliphatic carbocycles. The second-order valence-corrected chi connectivity index (χ2v) is 3.28. The van der Waals surface area contributed by atoms with Gasteiger partial charge in [-0.2, -0.15) is 0 Å². The number of nitrogens with one attached hydrogen (secondary N) is 2. The smallest absolute Gasteiger partial charge is 0.250 e. The summed E-state index contributed by atoms with van der Waals surface area (Å²) < 4.78 is 9.88. The fourth-order valence-electron chi connectivity index (χ4n) is 1.12. The maximum absolute atomic E-state index is 11.4. The van der Waals surface area contributed by atoms with E-state index in [0.29, 0.717) is 18.9 Å². The lowest BCUT2D eigenvalue weighted by Gasteiger charge is -2.06. The third-order valence-corrected chi connectivity index (χ3v) is 1.97. The number of anilines is 2. The molecule has 0 fully saturated rings. The Labute approximate surface area is 112 Å². The van der Waals surface area contributed by atoms with Gasteiger partial charge in [0.2, 0.25) is 5.91 Å². The third-order valence-electron chi connectivity index (χ3n) is 1.97. The van der Waals surface area contributed by atoms with Gasteiger partial charge < -0.3 is 20.1 Å². The molecule has 0 saturated heterocycles. The van der Waals surface area contributed by atoms with Gasteiger partial charge in [-0.05, 0) is 12.1 Å². The molecule has 1 amide bonds. The number of carbonyl (C=O) groups excluding carboxylic acids is 1. The van der Waals surface area contributed by atoms with Gasteiger partial charge >= 0.3 is 0 Å². The van der Waals surface area contributed by atoms with Crippen molar-refractivity contribution < 1.29 is 14.3 Å². The van der Waals surface area contributed by atoms with Gasteiger partial charge in [-0.25, -0.2) is 4.98 Å². The Balaban J connectivity index is 0.00000289. The Morgan fingerprint density at radius 2 is 2.17 bits per heavy atom. The van der Waals surface area contributed by atoms with Crippen molar-refractivity contribution in [3.8, 4) is 0 Å². The molecule has 1 aromatic heterocycles. The third kappa shape index (κ3) is 6.39. The Kier molecular flexibility index (Phi) is 8.91. The van der Waals surface area contributed by atoms with E-state index >= 15 is 0 Å². The molecule has 0 aliphatic rings. The highest BCUT2D eigenvalue weighted by molar-refractivity contribution is 5.91. The molecule has 102 valence electrons. The first kappa shape index (κ1) is 16.6. The van der Waals surface area contributed by atoms with E-state index in [9.17, 15) is 4.79 Å². The maximum Gasteiger partial charge on any atom is 0.250 e. The van der Waals surface area contributed by atoms with Crippen LogP contribution in [0, 0.1) is 0 Å². The zero-order valence-electron chi connectivity index (χ0n) is 10.4. The van der Waals surface area contributed by atoms with Crippen LogP contribution in [0.1, 0.15) is 0 Å². The summed E-state index contributed by atoms with van der Waals surface area (Å²) in [5.74, 6) is 0.541. The molecular weight excluding hydrogens is 258 g/mol. The predicted octanol–water partition coefficient (Wildman–Crippen LogP) is 1.15. The molecule has 0 spiro atoms. The number of rotatable bonds is 7. The molecule has 0 aromatic carbocycles. The van der Waals surface area contributed by atoms with E-state index in [1.165, 1.54) is 0 Å². The normalized spacial score (nSPS) is 9.44. The van der Waals surface area contributed by atoms with Crippen LogP contribution in [0.5, 0.6) is 0 Å². The first-order valence-corrected chi connectivity index (χ1v) is 5.26. The van der Waals surface area contributed by atoms with Crippen LogP contribution in [0.25, 0.3) is 0 Å². The van der Waals surface area contributed by atoms with Gasteiger partial charge in [-0.15, -0.1) is 12.4 Å². The number of nitrogens with zero attached hydrogens (tertiary/aromatic N) is 1. The Morgan fingerprint density at radius 1 is 1.39 bits per heavy atom. The zero-order chi connectivity index (χ0) is 12.5. The van der Waals surface area contributed by atoms with Gasteiger partial charge in [-0.1, -0.05) is 0 Å². The van der Waals surface area contributed by atoms with Crippen molar-refractivity contribution in [1.82, 2.24) is 4.98 Å². The summed E-state index contributed by atoms with van der Waals surface area (Å²) in [7, 11) is 3.36. The maximum atomic E-state index is 11.4. The average Bonchev–Trinajstić information content (AvgIpc) is 2.36. The minimum Gasteiger partial charge on any atom is -0.382 e. The number of hydrogen-bond donors (Lipinski definition) is 2. The zero-order valence-corrected chi connectivity index (χ0v) is 11.3. The van der Waals surface area contributed by atoms with E-state index in [0.717, 1.165) is 5.82 Å². The van der Waals surface area contributed by atoms with E-state index in [1.54, 1.807) is 32.5 Å². The minimum absolute atomic E-state index is 0. The molecule has 7 heteroatoms. The Morgan fingerprint density at radius 3 is 2.72 bits per heavy atom. The van der Waals surface area contributed by atoms with Crippen LogP contribution in [-0.2, 0) is 14.3 Å². The molecule has 0 saturated carbocycles. The minimum atomic E-state index is -0.208. The van der Waals surface area contributed by atoms with E-state index < -0.39 is 0 Å². The Hall–Kier alpha value is -1.37. The molecule has 2 N–H and O–H groups in total. The van der Waals surface area contributed by atoms with Crippen molar-refractivity contribution in [3.63, 3.8) is 0 Å². The number of amides is 1. The lowest BCUT2D eigenvalue weighted by atomic mass is 10.4. The van der Waals surface area contributed by atoms with E-state index in [-0.39, 0.29) is 24.9 Å². The highest BCUT2D eigenvalue weighted by Crippen LogP contribution is 2.08. The molecule has 0 unspecified atom stereocenters. The molecular formula is C11H18ClN3O3. The number of ether oxygens (including phenoxy) is 2. The number of carbonyl (C=O) groups is 1. The summed E-state index contributed by atoms with van der Waals surface area (Å²) in [5, 5.41) is 5.57. The predicted molar refractivity (Wildman–Crippen MR) is 72.4 cm³/mol. The van der Waals surface area contributed by atoms with Crippen molar-refractivity contribution in [3.05, 3.63) is 18.3 Å². The Bertz CT molecular complexity index is 346. The van der Waals surface area contributed by atoms with Gasteiger partial charge in [0.05, 0.1) is 25.1 Å². The monoisotopic (exact) mass is 275 g/mol. The summed E-state index contributed by atoms with van der Waals surface area (Å²) in [6.07, 6.45) is 1.58. The molecule has 0 aliphatic heterocycles. The fraction of sp³-hybridized carbons (Fsp3) is 0.455. The lowest BCUT2D eigenvalue weighted by Crippen LogP contribution is -2.19. The number of aromatic nitrogens is 1. The van der Waals surface area contributed by atoms with Crippen molar-refractivity contribution >= 4 is 29.8 Å². The summed E-state index contributed by atoms with van der Waals surface area (Å²) in [4.78, 5) is 15.5. The summed E-state index contributed by atoms with van der Waals surface area (Å²) in [6.45, 7) is 0.893. The van der Waals surface area contributed by atoms with Gasteiger partial charge in [-0.3, -0.25) is 4.79 Å². The lowest BCUT2D eigenvalue weighted by molar-refractivity contribution is -0.121. The number of methoxy groups -OCH3 is 1. The van der Waals surface area contributed by atoms with Gasteiger partial charge in [0, 0.05) is 14.2 Å². The van der Waals surface area contributed by atoms with E-state index in [4.69, 9.17) is 9.47 Å². The molecule has 18 heavy (non-hydrogen) atoms. The highest BCUT2D eigenvalue weighted by Gasteiger charge is 2.02. The number of halogens is 1. The van der Waals surface area contributed by atoms with E-state index in [1.807, 2.05) is 0 Å². The van der Waals surface area contributed by atoms with Gasteiger partial charge in [0.25, 0.3) is 0 Å². The van der Waals surface area contributed by atoms with Crippen LogP contribution in [0.3, 0.4) is 0 Å². The SMILES string of the molecule is CNc1ccc(NC(=O)COCCOC)cn1.Cl. The summed E-state index contributed by atoms with van der Waals surface area (Å²) >= 11 is 0. The second kappa shape index (κ2) is 9.64. The second-order valence-electron chi connectivity index (χ2n) is 3.28. The molecule has 1 aromatic rings. The van der Waals surface area contributed by atoms with Crippen LogP contribution in [0.4, 0.5) is 11.5 Å². The molecule has 1 rings (SSSR count). The van der Waals surface area contributed by atoms with Crippen molar-refractivity contribution in [2.24, 2.45) is 0 Å². The highest BCUT2D eigenvalue weighted by atomic mass is 35.5. The summed E-state index contributed by atoms with van der Waals surface area (Å²) in [5.41, 5.74) is 0.643. The quantitative estimate of drug-likeness (QED) is 0.730. The van der Waals surface area contributed by atoms with Crippen molar-refractivity contribution in [1.29, 1.82) is 0 Å². The van der Waals surface area contributed by atoms with Crippen LogP contribution in [0.15, 0.2) is 18.3 Å². The van der Waals surface area contributed by atoms with Gasteiger partial charge in [0.1, 0.15) is 12.4 Å². The number of pyridine rings is 1. The first-order chi connectivity index (χ1) is 8.26. The molecule has 0 radical (unpaired) electrons. The molecule has 1 heterocycles. The number of hydrogen-bond acceptors (Lipinski definition) is 5. The van der Waals surface area contributed by atoms with Crippen LogP contribution >= 0.6 is 12.4 Å². The van der Waals surface area contributed by atoms with Crippen LogP contribution in [-0.4, -0.2) is 44.9 Å². The first-order valence-electron chi connectivity index (χ1n) is 5.26. The van der Waals surface area contributed by atoms with Crippen molar-refractivity contribution in [2.45, 2.75) is 0 Å².